The van der Waals surface area contributed by atoms with E-state index in [4.69, 9.17) is 9.47 Å². The molecule has 1 N–H and O–H groups in total. The summed E-state index contributed by atoms with van der Waals surface area (Å²) in [4.78, 5) is 31.7. The van der Waals surface area contributed by atoms with Crippen LogP contribution >= 0.6 is 0 Å². The van der Waals surface area contributed by atoms with Crippen LogP contribution in [-0.4, -0.2) is 90.3 Å². The predicted octanol–water partition coefficient (Wildman–Crippen LogP) is 4.14. The molecule has 7 aliphatic rings. The third-order valence-electron chi connectivity index (χ3n) is 12.9. The van der Waals surface area contributed by atoms with Crippen molar-refractivity contribution in [1.29, 1.82) is 0 Å². The van der Waals surface area contributed by atoms with Crippen molar-refractivity contribution in [2.45, 2.75) is 102 Å². The van der Waals surface area contributed by atoms with Crippen molar-refractivity contribution in [3.8, 4) is 0 Å². The first-order valence-corrected chi connectivity index (χ1v) is 16.6. The Labute approximate surface area is 245 Å². The Hall–Kier alpha value is -1.38. The molecule has 7 nitrogen and oxygen atoms in total. The monoisotopic (exact) mass is 566 g/mol. The molecule has 9 atom stereocenters. The van der Waals surface area contributed by atoms with Gasteiger partial charge in [0.15, 0.2) is 23.5 Å². The number of likely N-dealkylation sites (N-methyl/N-ethyl adjacent to an activating group) is 1. The molecule has 2 aliphatic heterocycles. The third-order valence-corrected chi connectivity index (χ3v) is 12.9. The van der Waals surface area contributed by atoms with Crippen LogP contribution in [0.1, 0.15) is 78.1 Å². The quantitative estimate of drug-likeness (QED) is 0.548. The second-order valence-corrected chi connectivity index (χ2v) is 15.0. The van der Waals surface area contributed by atoms with E-state index in [9.17, 15) is 14.7 Å². The molecule has 0 radical (unpaired) electrons. The number of aliphatic hydroxyl groups is 1. The zero-order valence-corrected chi connectivity index (χ0v) is 25.4. The fraction of sp³-hybridized carbons (Fsp3) is 0.824. The SMILES string of the molecule is CN1CCCN(CC(=O)[C@@]23O[C@H](C4CCCCC4)O[C@H]2C[C@H]2[C@@H]4CCC5=CC(=O)C=C[C@]5(C)[C@H]4[C@@H](O)C[C@@]23C)CC1. The van der Waals surface area contributed by atoms with Crippen LogP contribution in [0.3, 0.4) is 0 Å². The Morgan fingerprint density at radius 2 is 1.88 bits per heavy atom. The first-order chi connectivity index (χ1) is 19.7. The number of rotatable bonds is 4. The van der Waals surface area contributed by atoms with Crippen LogP contribution in [0.25, 0.3) is 0 Å². The van der Waals surface area contributed by atoms with Crippen molar-refractivity contribution in [1.82, 2.24) is 9.80 Å². The summed E-state index contributed by atoms with van der Waals surface area (Å²) in [6.07, 6.45) is 14.5. The van der Waals surface area contributed by atoms with E-state index in [0.717, 1.165) is 70.3 Å². The van der Waals surface area contributed by atoms with Gasteiger partial charge in [0.1, 0.15) is 0 Å². The van der Waals surface area contributed by atoms with Crippen LogP contribution in [-0.2, 0) is 19.1 Å². The molecule has 2 saturated heterocycles. The molecule has 7 rings (SSSR count). The summed E-state index contributed by atoms with van der Waals surface area (Å²) in [5.74, 6) is 1.10. The van der Waals surface area contributed by atoms with Crippen molar-refractivity contribution < 1.29 is 24.2 Å². The highest BCUT2D eigenvalue weighted by Crippen LogP contribution is 2.70. The number of nitrogens with zero attached hydrogens (tertiary/aromatic N) is 2. The molecular weight excluding hydrogens is 516 g/mol. The van der Waals surface area contributed by atoms with Crippen molar-refractivity contribution in [3.05, 3.63) is 23.8 Å². The number of allylic oxidation sites excluding steroid dienone is 4. The second-order valence-electron chi connectivity index (χ2n) is 15.0. The van der Waals surface area contributed by atoms with Crippen LogP contribution in [0.2, 0.25) is 0 Å². The molecule has 4 saturated carbocycles. The molecule has 226 valence electrons. The van der Waals surface area contributed by atoms with Gasteiger partial charge in [0.05, 0.1) is 18.8 Å². The largest absolute Gasteiger partial charge is 0.393 e. The van der Waals surface area contributed by atoms with Gasteiger partial charge in [0, 0.05) is 35.8 Å². The summed E-state index contributed by atoms with van der Waals surface area (Å²) >= 11 is 0. The van der Waals surface area contributed by atoms with E-state index in [1.807, 2.05) is 6.08 Å². The summed E-state index contributed by atoms with van der Waals surface area (Å²) in [5, 5.41) is 12.0. The van der Waals surface area contributed by atoms with E-state index < -0.39 is 17.1 Å². The van der Waals surface area contributed by atoms with Crippen LogP contribution in [0.15, 0.2) is 23.8 Å². The number of ether oxygens (including phenoxy) is 2. The molecule has 41 heavy (non-hydrogen) atoms. The highest BCUT2D eigenvalue weighted by atomic mass is 16.7. The molecule has 0 aromatic heterocycles. The zero-order valence-electron chi connectivity index (χ0n) is 25.4. The third kappa shape index (κ3) is 4.31. The minimum atomic E-state index is -1.01. The van der Waals surface area contributed by atoms with Crippen LogP contribution in [0.4, 0.5) is 0 Å². The van der Waals surface area contributed by atoms with Crippen molar-refractivity contribution in [3.63, 3.8) is 0 Å². The number of Topliss-reactive ketones (excluding diaryl/α,β-unsaturated/α-hetero) is 1. The lowest BCUT2D eigenvalue weighted by molar-refractivity contribution is -0.208. The lowest BCUT2D eigenvalue weighted by atomic mass is 9.46. The topological polar surface area (TPSA) is 79.3 Å². The Morgan fingerprint density at radius 1 is 1.07 bits per heavy atom. The van der Waals surface area contributed by atoms with E-state index >= 15 is 0 Å². The maximum absolute atomic E-state index is 14.8. The first-order valence-electron chi connectivity index (χ1n) is 16.6. The number of aliphatic hydroxyl groups excluding tert-OH is 1. The maximum atomic E-state index is 14.8. The predicted molar refractivity (Wildman–Crippen MR) is 156 cm³/mol. The van der Waals surface area contributed by atoms with Crippen LogP contribution in [0, 0.1) is 34.5 Å². The highest BCUT2D eigenvalue weighted by Gasteiger charge is 2.76. The average Bonchev–Trinajstić information content (AvgIpc) is 3.36. The van der Waals surface area contributed by atoms with Gasteiger partial charge < -0.3 is 19.5 Å². The number of carbonyl (C=O) groups excluding carboxylic acids is 2. The van der Waals surface area contributed by atoms with Gasteiger partial charge in [-0.3, -0.25) is 14.5 Å². The van der Waals surface area contributed by atoms with Gasteiger partial charge in [0.25, 0.3) is 0 Å². The molecule has 7 heteroatoms. The van der Waals surface area contributed by atoms with Gasteiger partial charge in [-0.1, -0.05) is 44.8 Å². The Morgan fingerprint density at radius 3 is 2.68 bits per heavy atom. The van der Waals surface area contributed by atoms with E-state index in [-0.39, 0.29) is 47.1 Å². The standard InChI is InChI=1S/C34H50N2O5/c1-32-13-12-24(37)18-23(32)10-11-25-26-19-29-34(33(26,2)20-27(38)30(25)32,41-31(40-29)22-8-5-4-6-9-22)28(39)21-36-15-7-14-35(3)16-17-36/h12-13,18,22,25-27,29-31,38H,4-11,14-17,19-21H2,1-3H3/t25-,26-,27-,29-,30+,31+,32-,33-,34+/m0/s1. The molecule has 0 amide bonds. The lowest BCUT2D eigenvalue weighted by Gasteiger charge is -2.60. The molecule has 2 heterocycles. The van der Waals surface area contributed by atoms with Crippen molar-refractivity contribution >= 4 is 11.6 Å². The van der Waals surface area contributed by atoms with Crippen LogP contribution < -0.4 is 0 Å². The molecule has 6 fully saturated rings. The van der Waals surface area contributed by atoms with Gasteiger partial charge in [-0.05, 0) is 89.1 Å². The van der Waals surface area contributed by atoms with E-state index in [2.05, 4.69) is 36.8 Å². The summed E-state index contributed by atoms with van der Waals surface area (Å²) in [7, 11) is 2.16. The minimum absolute atomic E-state index is 0.0335. The van der Waals surface area contributed by atoms with Gasteiger partial charge in [-0.15, -0.1) is 0 Å². The van der Waals surface area contributed by atoms with Gasteiger partial charge in [-0.2, -0.15) is 0 Å². The van der Waals surface area contributed by atoms with Gasteiger partial charge in [0.2, 0.25) is 0 Å². The Bertz CT molecular complexity index is 1130. The fourth-order valence-corrected chi connectivity index (χ4v) is 10.8. The summed E-state index contributed by atoms with van der Waals surface area (Å²) in [5.41, 5.74) is -0.669. The summed E-state index contributed by atoms with van der Waals surface area (Å²) in [6.45, 7) is 8.71. The normalized spacial score (nSPS) is 47.2. The molecule has 0 aromatic carbocycles. The molecule has 0 unspecified atom stereocenters. The molecular formula is C34H50N2O5. The number of hydrogen-bond acceptors (Lipinski definition) is 7. The smallest absolute Gasteiger partial charge is 0.181 e. The Balaban J connectivity index is 1.23. The van der Waals surface area contributed by atoms with E-state index in [1.54, 1.807) is 6.08 Å². The number of ketones is 2. The second kappa shape index (κ2) is 10.4. The Kier molecular flexibility index (Phi) is 7.18. The maximum Gasteiger partial charge on any atom is 0.181 e. The lowest BCUT2D eigenvalue weighted by Crippen LogP contribution is -2.64. The molecule has 0 spiro atoms. The number of carbonyl (C=O) groups is 2. The van der Waals surface area contributed by atoms with Crippen molar-refractivity contribution in [2.24, 2.45) is 34.5 Å². The zero-order chi connectivity index (χ0) is 28.6. The van der Waals surface area contributed by atoms with E-state index in [1.165, 1.54) is 19.3 Å². The summed E-state index contributed by atoms with van der Waals surface area (Å²) in [6, 6.07) is 0. The molecule has 5 aliphatic carbocycles. The fourth-order valence-electron chi connectivity index (χ4n) is 10.8. The number of hydrogen-bond donors (Lipinski definition) is 1. The minimum Gasteiger partial charge on any atom is -0.393 e. The van der Waals surface area contributed by atoms with Gasteiger partial charge >= 0.3 is 0 Å². The molecule has 0 bridgehead atoms. The van der Waals surface area contributed by atoms with Gasteiger partial charge in [-0.25, -0.2) is 0 Å². The number of fused-ring (bicyclic) bond motifs is 7. The molecule has 0 aromatic rings. The van der Waals surface area contributed by atoms with E-state index in [0.29, 0.717) is 18.9 Å². The first kappa shape index (κ1) is 28.4. The summed E-state index contributed by atoms with van der Waals surface area (Å²) < 4.78 is 14.0. The average molecular weight is 567 g/mol. The van der Waals surface area contributed by atoms with Crippen LogP contribution in [0.5, 0.6) is 0 Å². The van der Waals surface area contributed by atoms with Crippen molar-refractivity contribution in [2.75, 3.05) is 39.8 Å². The highest BCUT2D eigenvalue weighted by molar-refractivity contribution is 6.01.